The molecule has 2 nitrogen and oxygen atoms in total. The van der Waals surface area contributed by atoms with E-state index in [9.17, 15) is 5.11 Å². The van der Waals surface area contributed by atoms with Crippen LogP contribution in [0.1, 0.15) is 37.3 Å². The number of benzene rings is 1. The smallest absolute Gasteiger partial charge is 0.123 e. The molecule has 0 spiro atoms. The van der Waals surface area contributed by atoms with Crippen molar-refractivity contribution in [3.8, 4) is 5.75 Å². The molecular formula is C13H16O2. The minimum atomic E-state index is -0.532. The molecule has 1 fully saturated rings. The molecule has 1 aromatic rings. The van der Waals surface area contributed by atoms with E-state index in [-0.39, 0.29) is 0 Å². The molecule has 1 saturated carbocycles. The number of rotatable bonds is 1. The summed E-state index contributed by atoms with van der Waals surface area (Å²) in [7, 11) is 0. The maximum Gasteiger partial charge on any atom is 0.123 e. The average Bonchev–Trinajstić information content (AvgIpc) is 2.96. The van der Waals surface area contributed by atoms with Crippen LogP contribution in [0.4, 0.5) is 0 Å². The summed E-state index contributed by atoms with van der Waals surface area (Å²) in [6, 6.07) is 6.05. The van der Waals surface area contributed by atoms with Gasteiger partial charge < -0.3 is 9.84 Å². The van der Waals surface area contributed by atoms with Crippen LogP contribution in [-0.2, 0) is 12.0 Å². The molecule has 1 atom stereocenters. The van der Waals surface area contributed by atoms with Gasteiger partial charge in [-0.15, -0.1) is 0 Å². The van der Waals surface area contributed by atoms with Crippen molar-refractivity contribution in [2.75, 3.05) is 0 Å². The van der Waals surface area contributed by atoms with Gasteiger partial charge in [0, 0.05) is 5.56 Å². The fourth-order valence-electron chi connectivity index (χ4n) is 2.38. The largest absolute Gasteiger partial charge is 0.490 e. The number of hydrogen-bond donors (Lipinski definition) is 1. The van der Waals surface area contributed by atoms with Gasteiger partial charge in [0.15, 0.2) is 0 Å². The summed E-state index contributed by atoms with van der Waals surface area (Å²) in [5.41, 5.74) is 1.80. The Morgan fingerprint density at radius 2 is 2.20 bits per heavy atom. The summed E-state index contributed by atoms with van der Waals surface area (Å²) in [6.07, 6.45) is 4.20. The number of hydrogen-bond acceptors (Lipinski definition) is 2. The van der Waals surface area contributed by atoms with Gasteiger partial charge in [-0.25, -0.2) is 0 Å². The molecule has 15 heavy (non-hydrogen) atoms. The van der Waals surface area contributed by atoms with E-state index in [1.807, 2.05) is 18.2 Å². The van der Waals surface area contributed by atoms with Crippen LogP contribution in [0.5, 0.6) is 5.75 Å². The van der Waals surface area contributed by atoms with Crippen LogP contribution in [0, 0.1) is 0 Å². The van der Waals surface area contributed by atoms with Gasteiger partial charge in [-0.3, -0.25) is 0 Å². The van der Waals surface area contributed by atoms with Crippen molar-refractivity contribution >= 4 is 0 Å². The van der Waals surface area contributed by atoms with Crippen LogP contribution < -0.4 is 4.74 Å². The van der Waals surface area contributed by atoms with Gasteiger partial charge >= 0.3 is 0 Å². The fourth-order valence-corrected chi connectivity index (χ4v) is 2.38. The third-order valence-corrected chi connectivity index (χ3v) is 3.49. The Hall–Kier alpha value is -1.02. The molecule has 0 amide bonds. The molecule has 0 bridgehead atoms. The first-order valence-corrected chi connectivity index (χ1v) is 5.70. The molecule has 0 saturated heterocycles. The zero-order valence-electron chi connectivity index (χ0n) is 8.99. The Bertz CT molecular complexity index is 394. The standard InChI is InChI=1S/C13H16O2/c1-9-5-6-10-11(13(14)7-8-13)3-2-4-12(10)15-9/h2-4,9,14H,5-8H2,1H3. The molecule has 2 heteroatoms. The number of fused-ring (bicyclic) bond motifs is 1. The first-order chi connectivity index (χ1) is 7.19. The molecule has 0 aromatic heterocycles. The highest BCUT2D eigenvalue weighted by molar-refractivity contribution is 5.46. The van der Waals surface area contributed by atoms with Crippen LogP contribution in [0.3, 0.4) is 0 Å². The van der Waals surface area contributed by atoms with Crippen molar-refractivity contribution in [3.63, 3.8) is 0 Å². The van der Waals surface area contributed by atoms with Gasteiger partial charge in [-0.1, -0.05) is 12.1 Å². The van der Waals surface area contributed by atoms with E-state index in [1.54, 1.807) is 0 Å². The zero-order valence-corrected chi connectivity index (χ0v) is 8.99. The first-order valence-electron chi connectivity index (χ1n) is 5.70. The van der Waals surface area contributed by atoms with E-state index in [1.165, 1.54) is 5.56 Å². The van der Waals surface area contributed by atoms with Crippen LogP contribution in [-0.4, -0.2) is 11.2 Å². The Morgan fingerprint density at radius 1 is 1.40 bits per heavy atom. The van der Waals surface area contributed by atoms with Gasteiger partial charge in [-0.2, -0.15) is 0 Å². The molecule has 1 unspecified atom stereocenters. The monoisotopic (exact) mass is 204 g/mol. The van der Waals surface area contributed by atoms with E-state index in [4.69, 9.17) is 4.74 Å². The van der Waals surface area contributed by atoms with Gasteiger partial charge in [0.2, 0.25) is 0 Å². The molecule has 80 valence electrons. The Labute approximate surface area is 89.9 Å². The van der Waals surface area contributed by atoms with E-state index in [2.05, 4.69) is 6.92 Å². The molecule has 1 aromatic carbocycles. The normalized spacial score (nSPS) is 26.7. The van der Waals surface area contributed by atoms with E-state index >= 15 is 0 Å². The third kappa shape index (κ3) is 1.44. The minimum absolute atomic E-state index is 0.307. The van der Waals surface area contributed by atoms with Gasteiger partial charge in [0.1, 0.15) is 5.75 Å². The predicted molar refractivity (Wildman–Crippen MR) is 58.0 cm³/mol. The lowest BCUT2D eigenvalue weighted by atomic mass is 9.93. The molecule has 1 N–H and O–H groups in total. The van der Waals surface area contributed by atoms with Crippen LogP contribution in [0.25, 0.3) is 0 Å². The molecule has 0 radical (unpaired) electrons. The van der Waals surface area contributed by atoms with Gasteiger partial charge in [0.25, 0.3) is 0 Å². The summed E-state index contributed by atoms with van der Waals surface area (Å²) in [5.74, 6) is 0.978. The second kappa shape index (κ2) is 2.99. The summed E-state index contributed by atoms with van der Waals surface area (Å²) in [6.45, 7) is 2.10. The summed E-state index contributed by atoms with van der Waals surface area (Å²) < 4.78 is 5.78. The second-order valence-corrected chi connectivity index (χ2v) is 4.78. The van der Waals surface area contributed by atoms with E-state index < -0.39 is 5.60 Å². The van der Waals surface area contributed by atoms with Crippen molar-refractivity contribution in [2.24, 2.45) is 0 Å². The predicted octanol–water partition coefficient (Wildman–Crippen LogP) is 2.38. The lowest BCUT2D eigenvalue weighted by Crippen LogP contribution is -2.21. The zero-order chi connectivity index (χ0) is 10.5. The summed E-state index contributed by atoms with van der Waals surface area (Å²) in [5, 5.41) is 10.2. The van der Waals surface area contributed by atoms with E-state index in [0.717, 1.165) is 37.0 Å². The van der Waals surface area contributed by atoms with Crippen molar-refractivity contribution in [1.82, 2.24) is 0 Å². The van der Waals surface area contributed by atoms with Crippen molar-refractivity contribution in [1.29, 1.82) is 0 Å². The quantitative estimate of drug-likeness (QED) is 0.761. The highest BCUT2D eigenvalue weighted by atomic mass is 16.5. The van der Waals surface area contributed by atoms with Crippen molar-refractivity contribution in [3.05, 3.63) is 29.3 Å². The average molecular weight is 204 g/mol. The molecular weight excluding hydrogens is 188 g/mol. The summed E-state index contributed by atoms with van der Waals surface area (Å²) in [4.78, 5) is 0. The SMILES string of the molecule is CC1CCc2c(cccc2C2(O)CC2)O1. The Balaban J connectivity index is 2.06. The van der Waals surface area contributed by atoms with Gasteiger partial charge in [0.05, 0.1) is 11.7 Å². The lowest BCUT2D eigenvalue weighted by Gasteiger charge is -2.26. The second-order valence-electron chi connectivity index (χ2n) is 4.78. The van der Waals surface area contributed by atoms with Crippen molar-refractivity contribution in [2.45, 2.75) is 44.3 Å². The maximum absolute atomic E-state index is 10.2. The van der Waals surface area contributed by atoms with Crippen LogP contribution >= 0.6 is 0 Å². The molecule has 1 aliphatic carbocycles. The van der Waals surface area contributed by atoms with E-state index in [0.29, 0.717) is 6.10 Å². The van der Waals surface area contributed by atoms with Gasteiger partial charge in [-0.05, 0) is 44.2 Å². The topological polar surface area (TPSA) is 29.5 Å². The first kappa shape index (κ1) is 9.22. The summed E-state index contributed by atoms with van der Waals surface area (Å²) >= 11 is 0. The number of ether oxygens (including phenoxy) is 1. The minimum Gasteiger partial charge on any atom is -0.490 e. The molecule has 3 rings (SSSR count). The molecule has 1 aliphatic heterocycles. The lowest BCUT2D eigenvalue weighted by molar-refractivity contribution is 0.144. The molecule has 2 aliphatic rings. The highest BCUT2D eigenvalue weighted by Gasteiger charge is 2.44. The van der Waals surface area contributed by atoms with Crippen molar-refractivity contribution < 1.29 is 9.84 Å². The van der Waals surface area contributed by atoms with Crippen LogP contribution in [0.15, 0.2) is 18.2 Å². The fraction of sp³-hybridized carbons (Fsp3) is 0.538. The maximum atomic E-state index is 10.2. The van der Waals surface area contributed by atoms with Crippen LogP contribution in [0.2, 0.25) is 0 Å². The Kier molecular flexibility index (Phi) is 1.84. The highest BCUT2D eigenvalue weighted by Crippen LogP contribution is 2.49. The number of aliphatic hydroxyl groups is 1. The Morgan fingerprint density at radius 3 is 2.93 bits per heavy atom. The third-order valence-electron chi connectivity index (χ3n) is 3.49. The molecule has 1 heterocycles.